The van der Waals surface area contributed by atoms with Crippen molar-refractivity contribution in [2.45, 2.75) is 0 Å². The first kappa shape index (κ1) is 10.7. The Morgan fingerprint density at radius 3 is 1.89 bits per heavy atom. The van der Waals surface area contributed by atoms with Gasteiger partial charge in [0.05, 0.1) is 0 Å². The average Bonchev–Trinajstić information content (AvgIpc) is 2.39. The van der Waals surface area contributed by atoms with Gasteiger partial charge in [0, 0.05) is 11.1 Å². The number of benzene rings is 3. The SMILES string of the molecule is Oc1ccccc1-c1cc2ccccc2cc1O. The molecule has 0 bridgehead atoms. The quantitative estimate of drug-likeness (QED) is 0.672. The lowest BCUT2D eigenvalue weighted by Crippen LogP contribution is -1.82. The van der Waals surface area contributed by atoms with Crippen LogP contribution in [0.4, 0.5) is 0 Å². The van der Waals surface area contributed by atoms with E-state index in [0.717, 1.165) is 10.8 Å². The highest BCUT2D eigenvalue weighted by Crippen LogP contribution is 2.37. The van der Waals surface area contributed by atoms with Gasteiger partial charge >= 0.3 is 0 Å². The van der Waals surface area contributed by atoms with E-state index in [-0.39, 0.29) is 11.5 Å². The van der Waals surface area contributed by atoms with Gasteiger partial charge in [-0.15, -0.1) is 0 Å². The number of hydrogen-bond donors (Lipinski definition) is 2. The first-order valence-corrected chi connectivity index (χ1v) is 5.76. The second-order valence-corrected chi connectivity index (χ2v) is 4.23. The predicted molar refractivity (Wildman–Crippen MR) is 72.7 cm³/mol. The maximum absolute atomic E-state index is 10.1. The summed E-state index contributed by atoms with van der Waals surface area (Å²) in [6.07, 6.45) is 0. The smallest absolute Gasteiger partial charge is 0.124 e. The molecule has 18 heavy (non-hydrogen) atoms. The molecule has 0 radical (unpaired) electrons. The molecule has 0 amide bonds. The molecule has 3 aromatic carbocycles. The van der Waals surface area contributed by atoms with Gasteiger partial charge in [-0.1, -0.05) is 42.5 Å². The summed E-state index contributed by atoms with van der Waals surface area (Å²) < 4.78 is 0. The maximum atomic E-state index is 10.1. The number of rotatable bonds is 1. The summed E-state index contributed by atoms with van der Waals surface area (Å²) in [6, 6.07) is 18.4. The van der Waals surface area contributed by atoms with E-state index in [0.29, 0.717) is 11.1 Å². The zero-order chi connectivity index (χ0) is 12.5. The van der Waals surface area contributed by atoms with Gasteiger partial charge in [0.25, 0.3) is 0 Å². The van der Waals surface area contributed by atoms with Crippen LogP contribution < -0.4 is 0 Å². The van der Waals surface area contributed by atoms with Gasteiger partial charge in [-0.05, 0) is 29.0 Å². The predicted octanol–water partition coefficient (Wildman–Crippen LogP) is 3.92. The van der Waals surface area contributed by atoms with Gasteiger partial charge in [-0.25, -0.2) is 0 Å². The number of fused-ring (bicyclic) bond motifs is 1. The van der Waals surface area contributed by atoms with Crippen molar-refractivity contribution in [3.63, 3.8) is 0 Å². The minimum absolute atomic E-state index is 0.170. The molecule has 0 unspecified atom stereocenters. The van der Waals surface area contributed by atoms with Crippen molar-refractivity contribution in [3.05, 3.63) is 60.7 Å². The van der Waals surface area contributed by atoms with Crippen LogP contribution in [-0.2, 0) is 0 Å². The molecule has 0 spiro atoms. The van der Waals surface area contributed by atoms with E-state index >= 15 is 0 Å². The topological polar surface area (TPSA) is 40.5 Å². The number of para-hydroxylation sites is 1. The second kappa shape index (κ2) is 4.08. The zero-order valence-corrected chi connectivity index (χ0v) is 9.67. The summed E-state index contributed by atoms with van der Waals surface area (Å²) in [4.78, 5) is 0. The molecule has 2 N–H and O–H groups in total. The Bertz CT molecular complexity index is 717. The van der Waals surface area contributed by atoms with Crippen molar-refractivity contribution in [2.75, 3.05) is 0 Å². The molecule has 88 valence electrons. The van der Waals surface area contributed by atoms with Crippen molar-refractivity contribution in [1.82, 2.24) is 0 Å². The van der Waals surface area contributed by atoms with Crippen LogP contribution in [0.5, 0.6) is 11.5 Å². The maximum Gasteiger partial charge on any atom is 0.124 e. The van der Waals surface area contributed by atoms with Crippen molar-refractivity contribution >= 4 is 10.8 Å². The molecule has 2 heteroatoms. The fourth-order valence-electron chi connectivity index (χ4n) is 2.15. The number of hydrogen-bond acceptors (Lipinski definition) is 2. The highest BCUT2D eigenvalue weighted by Gasteiger charge is 2.09. The van der Waals surface area contributed by atoms with Gasteiger partial charge in [-0.3, -0.25) is 0 Å². The summed E-state index contributed by atoms with van der Waals surface area (Å²) in [7, 11) is 0. The van der Waals surface area contributed by atoms with Crippen LogP contribution in [0, 0.1) is 0 Å². The Balaban J connectivity index is 2.30. The van der Waals surface area contributed by atoms with E-state index < -0.39 is 0 Å². The van der Waals surface area contributed by atoms with Crippen molar-refractivity contribution in [3.8, 4) is 22.6 Å². The van der Waals surface area contributed by atoms with Crippen LogP contribution in [0.1, 0.15) is 0 Å². The van der Waals surface area contributed by atoms with Crippen LogP contribution in [-0.4, -0.2) is 10.2 Å². The van der Waals surface area contributed by atoms with Crippen molar-refractivity contribution in [2.24, 2.45) is 0 Å². The summed E-state index contributed by atoms with van der Waals surface area (Å²) in [6.45, 7) is 0. The molecular weight excluding hydrogens is 224 g/mol. The largest absolute Gasteiger partial charge is 0.507 e. The third kappa shape index (κ3) is 1.68. The molecule has 3 rings (SSSR count). The molecule has 0 aliphatic carbocycles. The number of phenols is 2. The normalized spacial score (nSPS) is 10.7. The van der Waals surface area contributed by atoms with E-state index in [1.165, 1.54) is 0 Å². The highest BCUT2D eigenvalue weighted by atomic mass is 16.3. The lowest BCUT2D eigenvalue weighted by Gasteiger charge is -2.08. The Kier molecular flexibility index (Phi) is 2.41. The Labute approximate surface area is 105 Å². The van der Waals surface area contributed by atoms with Gasteiger partial charge < -0.3 is 10.2 Å². The van der Waals surface area contributed by atoms with E-state index in [9.17, 15) is 10.2 Å². The molecule has 0 aromatic heterocycles. The van der Waals surface area contributed by atoms with E-state index in [1.807, 2.05) is 36.4 Å². The fourth-order valence-corrected chi connectivity index (χ4v) is 2.15. The van der Waals surface area contributed by atoms with E-state index in [1.54, 1.807) is 24.3 Å². The van der Waals surface area contributed by atoms with Gasteiger partial charge in [0.2, 0.25) is 0 Å². The molecule has 0 saturated carbocycles. The van der Waals surface area contributed by atoms with Gasteiger partial charge in [0.15, 0.2) is 0 Å². The molecule has 0 aliphatic heterocycles. The van der Waals surface area contributed by atoms with Crippen molar-refractivity contribution < 1.29 is 10.2 Å². The van der Waals surface area contributed by atoms with Gasteiger partial charge in [-0.2, -0.15) is 0 Å². The Morgan fingerprint density at radius 1 is 0.556 bits per heavy atom. The minimum atomic E-state index is 0.170. The summed E-state index contributed by atoms with van der Waals surface area (Å²) in [5, 5.41) is 21.9. The van der Waals surface area contributed by atoms with Crippen LogP contribution in [0.25, 0.3) is 21.9 Å². The lowest BCUT2D eigenvalue weighted by atomic mass is 9.99. The second-order valence-electron chi connectivity index (χ2n) is 4.23. The number of phenolic OH excluding ortho intramolecular Hbond substituents is 2. The zero-order valence-electron chi connectivity index (χ0n) is 9.67. The lowest BCUT2D eigenvalue weighted by molar-refractivity contribution is 0.469. The third-order valence-electron chi connectivity index (χ3n) is 3.06. The molecule has 0 fully saturated rings. The fraction of sp³-hybridized carbons (Fsp3) is 0. The summed E-state index contributed by atoms with van der Waals surface area (Å²) in [5.74, 6) is 0.346. The molecule has 3 aromatic rings. The van der Waals surface area contributed by atoms with Gasteiger partial charge in [0.1, 0.15) is 11.5 Å². The van der Waals surface area contributed by atoms with E-state index in [4.69, 9.17) is 0 Å². The number of aromatic hydroxyl groups is 2. The monoisotopic (exact) mass is 236 g/mol. The summed E-state index contributed by atoms with van der Waals surface area (Å²) >= 11 is 0. The Morgan fingerprint density at radius 2 is 1.17 bits per heavy atom. The van der Waals surface area contributed by atoms with Crippen LogP contribution in [0.15, 0.2) is 60.7 Å². The summed E-state index contributed by atoms with van der Waals surface area (Å²) in [5.41, 5.74) is 1.28. The van der Waals surface area contributed by atoms with E-state index in [2.05, 4.69) is 0 Å². The average molecular weight is 236 g/mol. The van der Waals surface area contributed by atoms with Crippen LogP contribution in [0.3, 0.4) is 0 Å². The third-order valence-corrected chi connectivity index (χ3v) is 3.06. The first-order chi connectivity index (χ1) is 8.75. The van der Waals surface area contributed by atoms with Crippen LogP contribution >= 0.6 is 0 Å². The molecular formula is C16H12O2. The van der Waals surface area contributed by atoms with Crippen LogP contribution in [0.2, 0.25) is 0 Å². The molecule has 0 atom stereocenters. The minimum Gasteiger partial charge on any atom is -0.507 e. The molecule has 2 nitrogen and oxygen atoms in total. The highest BCUT2D eigenvalue weighted by molar-refractivity contribution is 5.91. The molecule has 0 saturated heterocycles. The molecule has 0 heterocycles. The standard InChI is InChI=1S/C16H12O2/c17-15-8-4-3-7-13(15)14-9-11-5-1-2-6-12(11)10-16(14)18/h1-10,17-18H. The Hall–Kier alpha value is -2.48. The van der Waals surface area contributed by atoms with Crippen molar-refractivity contribution in [1.29, 1.82) is 0 Å². The molecule has 0 aliphatic rings. The first-order valence-electron chi connectivity index (χ1n) is 5.76.